The van der Waals surface area contributed by atoms with Crippen molar-refractivity contribution in [2.24, 2.45) is 0 Å². The molecule has 0 unspecified atom stereocenters. The topological polar surface area (TPSA) is 82.8 Å². The van der Waals surface area contributed by atoms with Gasteiger partial charge in [-0.1, -0.05) is 0 Å². The first-order valence-corrected chi connectivity index (χ1v) is 9.30. The minimum atomic E-state index is -0.0708. The summed E-state index contributed by atoms with van der Waals surface area (Å²) in [4.78, 5) is 16.4. The number of hydrogen-bond acceptors (Lipinski definition) is 3. The number of fused-ring (bicyclic) bond motifs is 4. The van der Waals surface area contributed by atoms with E-state index >= 15 is 0 Å². The van der Waals surface area contributed by atoms with Gasteiger partial charge in [0.15, 0.2) is 5.69 Å². The molecular formula is C20H22N4O2. The van der Waals surface area contributed by atoms with Gasteiger partial charge < -0.3 is 15.0 Å². The Kier molecular flexibility index (Phi) is 3.51. The van der Waals surface area contributed by atoms with Crippen LogP contribution < -0.4 is 10.1 Å². The zero-order valence-electron chi connectivity index (χ0n) is 14.8. The molecular weight excluding hydrogens is 328 g/mol. The van der Waals surface area contributed by atoms with Crippen molar-refractivity contribution in [3.05, 3.63) is 46.4 Å². The minimum absolute atomic E-state index is 0.00148. The molecule has 1 aromatic carbocycles. The minimum Gasteiger partial charge on any atom is -0.497 e. The average Bonchev–Trinajstić information content (AvgIpc) is 3.35. The first-order chi connectivity index (χ1) is 12.7. The Morgan fingerprint density at radius 3 is 3.00 bits per heavy atom. The van der Waals surface area contributed by atoms with Crippen LogP contribution in [-0.4, -0.2) is 28.2 Å². The molecule has 2 aliphatic carbocycles. The van der Waals surface area contributed by atoms with Crippen LogP contribution in [0.25, 0.3) is 10.9 Å². The highest BCUT2D eigenvalue weighted by atomic mass is 16.5. The Morgan fingerprint density at radius 1 is 1.23 bits per heavy atom. The summed E-state index contributed by atoms with van der Waals surface area (Å²) in [5, 5.41) is 11.7. The van der Waals surface area contributed by atoms with Crippen molar-refractivity contribution in [3.8, 4) is 5.75 Å². The predicted molar refractivity (Wildman–Crippen MR) is 98.6 cm³/mol. The monoisotopic (exact) mass is 350 g/mol. The summed E-state index contributed by atoms with van der Waals surface area (Å²) in [6.07, 6.45) is 6.05. The van der Waals surface area contributed by atoms with Crippen molar-refractivity contribution in [2.75, 3.05) is 7.11 Å². The Balaban J connectivity index is 1.47. The molecule has 3 N–H and O–H groups in total. The van der Waals surface area contributed by atoms with Gasteiger partial charge in [0.05, 0.1) is 13.2 Å². The molecule has 6 nitrogen and oxygen atoms in total. The summed E-state index contributed by atoms with van der Waals surface area (Å²) in [5.74, 6) is 0.788. The van der Waals surface area contributed by atoms with Crippen molar-refractivity contribution in [1.29, 1.82) is 0 Å². The number of carbonyl (C=O) groups excluding carboxylic acids is 1. The zero-order chi connectivity index (χ0) is 17.7. The molecule has 0 spiro atoms. The molecule has 0 saturated heterocycles. The van der Waals surface area contributed by atoms with Crippen LogP contribution in [0.4, 0.5) is 0 Å². The molecule has 134 valence electrons. The zero-order valence-corrected chi connectivity index (χ0v) is 14.8. The fraction of sp³-hybridized carbons (Fsp3) is 0.400. The van der Waals surface area contributed by atoms with Crippen LogP contribution in [0, 0.1) is 0 Å². The number of methoxy groups -OCH3 is 1. The molecule has 0 aliphatic heterocycles. The number of benzene rings is 1. The van der Waals surface area contributed by atoms with Gasteiger partial charge in [0.25, 0.3) is 5.91 Å². The maximum absolute atomic E-state index is 12.8. The van der Waals surface area contributed by atoms with Gasteiger partial charge >= 0.3 is 0 Å². The Bertz CT molecular complexity index is 1000. The standard InChI is InChI=1S/C20H22N4O2/c1-26-11-8-9-15-14(10-11)12-4-2-7-17(18(12)21-15)22-20(25)19-13-5-3-6-16(13)23-24-19/h8-10,17,21H,2-7H2,1H3,(H,22,25)(H,23,24)/t17-/m1/s1. The van der Waals surface area contributed by atoms with E-state index in [4.69, 9.17) is 4.74 Å². The highest BCUT2D eigenvalue weighted by Crippen LogP contribution is 2.36. The number of aromatic amines is 2. The van der Waals surface area contributed by atoms with E-state index in [0.29, 0.717) is 5.69 Å². The Morgan fingerprint density at radius 2 is 2.12 bits per heavy atom. The molecule has 1 atom stereocenters. The third kappa shape index (κ3) is 2.32. The molecule has 2 aromatic heterocycles. The van der Waals surface area contributed by atoms with Gasteiger partial charge in [0, 0.05) is 27.9 Å². The quantitative estimate of drug-likeness (QED) is 0.678. The van der Waals surface area contributed by atoms with Crippen LogP contribution in [0.1, 0.15) is 58.3 Å². The normalized spacial score (nSPS) is 18.6. The van der Waals surface area contributed by atoms with E-state index < -0.39 is 0 Å². The lowest BCUT2D eigenvalue weighted by Crippen LogP contribution is -2.31. The number of aryl methyl sites for hydroxylation is 2. The molecule has 1 amide bonds. The second kappa shape index (κ2) is 5.90. The van der Waals surface area contributed by atoms with Crippen molar-refractivity contribution in [1.82, 2.24) is 20.5 Å². The predicted octanol–water partition coefficient (Wildman–Crippen LogP) is 3.20. The van der Waals surface area contributed by atoms with Crippen molar-refractivity contribution >= 4 is 16.8 Å². The van der Waals surface area contributed by atoms with Crippen LogP contribution in [0.5, 0.6) is 5.75 Å². The molecule has 3 aromatic rings. The smallest absolute Gasteiger partial charge is 0.272 e. The lowest BCUT2D eigenvalue weighted by Gasteiger charge is -2.23. The third-order valence-electron chi connectivity index (χ3n) is 5.74. The number of H-pyrrole nitrogens is 2. The van der Waals surface area contributed by atoms with Gasteiger partial charge in [-0.05, 0) is 62.3 Å². The van der Waals surface area contributed by atoms with Gasteiger partial charge in [-0.3, -0.25) is 9.89 Å². The maximum atomic E-state index is 12.8. The maximum Gasteiger partial charge on any atom is 0.272 e. The van der Waals surface area contributed by atoms with Crippen LogP contribution in [0.15, 0.2) is 18.2 Å². The summed E-state index contributed by atoms with van der Waals surface area (Å²) in [6, 6.07) is 6.09. The second-order valence-electron chi connectivity index (χ2n) is 7.23. The van der Waals surface area contributed by atoms with Gasteiger partial charge in [-0.15, -0.1) is 0 Å². The first kappa shape index (κ1) is 15.5. The number of rotatable bonds is 3. The van der Waals surface area contributed by atoms with E-state index in [0.717, 1.165) is 66.7 Å². The largest absolute Gasteiger partial charge is 0.497 e. The lowest BCUT2D eigenvalue weighted by atomic mass is 9.91. The number of carbonyl (C=O) groups is 1. The fourth-order valence-corrected chi connectivity index (χ4v) is 4.45. The molecule has 0 radical (unpaired) electrons. The number of nitrogens with zero attached hydrogens (tertiary/aromatic N) is 1. The summed E-state index contributed by atoms with van der Waals surface area (Å²) in [7, 11) is 1.69. The number of ether oxygens (including phenoxy) is 1. The number of aromatic nitrogens is 3. The molecule has 0 saturated carbocycles. The average molecular weight is 350 g/mol. The molecule has 26 heavy (non-hydrogen) atoms. The van der Waals surface area contributed by atoms with Gasteiger partial charge in [-0.2, -0.15) is 5.10 Å². The van der Waals surface area contributed by atoms with Crippen molar-refractivity contribution in [3.63, 3.8) is 0 Å². The highest BCUT2D eigenvalue weighted by Gasteiger charge is 2.29. The molecule has 6 heteroatoms. The Labute approximate surface area is 151 Å². The van der Waals surface area contributed by atoms with Gasteiger partial charge in [0.2, 0.25) is 0 Å². The number of hydrogen-bond donors (Lipinski definition) is 3. The Hall–Kier alpha value is -2.76. The van der Waals surface area contributed by atoms with Gasteiger partial charge in [-0.25, -0.2) is 0 Å². The van der Waals surface area contributed by atoms with E-state index in [1.807, 2.05) is 12.1 Å². The highest BCUT2D eigenvalue weighted by molar-refractivity contribution is 5.94. The summed E-state index contributed by atoms with van der Waals surface area (Å²) < 4.78 is 5.37. The molecule has 2 aliphatic rings. The SMILES string of the molecule is COc1ccc2[nH]c3c(c2c1)CCC[C@H]3NC(=O)c1n[nH]c2c1CCC2. The third-order valence-corrected chi connectivity index (χ3v) is 5.74. The number of nitrogens with one attached hydrogen (secondary N) is 3. The van der Waals surface area contributed by atoms with Crippen LogP contribution in [-0.2, 0) is 19.3 Å². The van der Waals surface area contributed by atoms with Crippen molar-refractivity contribution < 1.29 is 9.53 Å². The van der Waals surface area contributed by atoms with Crippen LogP contribution in [0.3, 0.4) is 0 Å². The summed E-state index contributed by atoms with van der Waals surface area (Å²) in [6.45, 7) is 0. The molecule has 5 rings (SSSR count). The van der Waals surface area contributed by atoms with E-state index in [-0.39, 0.29) is 11.9 Å². The first-order valence-electron chi connectivity index (χ1n) is 9.30. The van der Waals surface area contributed by atoms with E-state index in [9.17, 15) is 4.79 Å². The van der Waals surface area contributed by atoms with Gasteiger partial charge in [0.1, 0.15) is 5.75 Å². The van der Waals surface area contributed by atoms with E-state index in [1.165, 1.54) is 10.9 Å². The van der Waals surface area contributed by atoms with E-state index in [1.54, 1.807) is 7.11 Å². The summed E-state index contributed by atoms with van der Waals surface area (Å²) in [5.41, 5.74) is 6.31. The second-order valence-corrected chi connectivity index (χ2v) is 7.23. The molecule has 2 heterocycles. The molecule has 0 bridgehead atoms. The van der Waals surface area contributed by atoms with E-state index in [2.05, 4.69) is 26.6 Å². The number of amides is 1. The van der Waals surface area contributed by atoms with Crippen molar-refractivity contribution in [2.45, 2.75) is 44.6 Å². The van der Waals surface area contributed by atoms with Crippen LogP contribution in [0.2, 0.25) is 0 Å². The van der Waals surface area contributed by atoms with Crippen LogP contribution >= 0.6 is 0 Å². The molecule has 0 fully saturated rings. The summed E-state index contributed by atoms with van der Waals surface area (Å²) >= 11 is 0. The fourth-order valence-electron chi connectivity index (χ4n) is 4.45. The lowest BCUT2D eigenvalue weighted by molar-refractivity contribution is 0.0926.